The predicted octanol–water partition coefficient (Wildman–Crippen LogP) is 5.01. The second-order valence-electron chi connectivity index (χ2n) is 8.25. The minimum absolute atomic E-state index is 0.305. The molecule has 0 bridgehead atoms. The third-order valence-corrected chi connectivity index (χ3v) is 5.97. The molecule has 0 amide bonds. The van der Waals surface area contributed by atoms with Gasteiger partial charge in [0, 0.05) is 31.5 Å². The molecule has 1 aromatic carbocycles. The number of halogens is 1. The van der Waals surface area contributed by atoms with E-state index >= 15 is 0 Å². The highest BCUT2D eigenvalue weighted by molar-refractivity contribution is 5.91. The van der Waals surface area contributed by atoms with Gasteiger partial charge in [0.15, 0.2) is 0 Å². The predicted molar refractivity (Wildman–Crippen MR) is 128 cm³/mol. The van der Waals surface area contributed by atoms with Gasteiger partial charge in [0.25, 0.3) is 0 Å². The summed E-state index contributed by atoms with van der Waals surface area (Å²) in [5.74, 6) is 1.13. The topological polar surface area (TPSA) is 76.4 Å². The molecular formula is C25H27FN6O. The summed E-state index contributed by atoms with van der Waals surface area (Å²) in [5.41, 5.74) is 3.82. The average Bonchev–Trinajstić information content (AvgIpc) is 3.47. The Hall–Kier alpha value is -3.52. The Kier molecular flexibility index (Phi) is 6.17. The largest absolute Gasteiger partial charge is 0.383 e. The maximum Gasteiger partial charge on any atom is 0.223 e. The molecule has 170 valence electrons. The van der Waals surface area contributed by atoms with Gasteiger partial charge in [0.1, 0.15) is 17.3 Å². The van der Waals surface area contributed by atoms with Crippen molar-refractivity contribution in [3.63, 3.8) is 0 Å². The lowest BCUT2D eigenvalue weighted by molar-refractivity contribution is 0.210. The third-order valence-electron chi connectivity index (χ3n) is 5.97. The number of hydrogen-bond acceptors (Lipinski definition) is 6. The normalized spacial score (nSPS) is 14.1. The van der Waals surface area contributed by atoms with Crippen LogP contribution in [-0.4, -0.2) is 45.9 Å². The highest BCUT2D eigenvalue weighted by Crippen LogP contribution is 2.36. The van der Waals surface area contributed by atoms with Gasteiger partial charge in [-0.25, -0.2) is 18.9 Å². The molecule has 3 heterocycles. The first-order valence-electron chi connectivity index (χ1n) is 11.3. The van der Waals surface area contributed by atoms with E-state index in [4.69, 9.17) is 14.8 Å². The molecule has 1 saturated carbocycles. The van der Waals surface area contributed by atoms with Gasteiger partial charge >= 0.3 is 0 Å². The van der Waals surface area contributed by atoms with Gasteiger partial charge in [0.2, 0.25) is 5.95 Å². The molecule has 4 aromatic rings. The highest BCUT2D eigenvalue weighted by Gasteiger charge is 2.21. The summed E-state index contributed by atoms with van der Waals surface area (Å²) in [4.78, 5) is 9.27. The number of fused-ring (bicyclic) bond motifs is 1. The Labute approximate surface area is 192 Å². The van der Waals surface area contributed by atoms with E-state index < -0.39 is 0 Å². The van der Waals surface area contributed by atoms with Crippen LogP contribution in [0.15, 0.2) is 54.7 Å². The van der Waals surface area contributed by atoms with Gasteiger partial charge in [-0.2, -0.15) is 5.10 Å². The van der Waals surface area contributed by atoms with Gasteiger partial charge in [0.05, 0.1) is 23.4 Å². The van der Waals surface area contributed by atoms with E-state index in [2.05, 4.69) is 15.6 Å². The molecule has 0 atom stereocenters. The van der Waals surface area contributed by atoms with Gasteiger partial charge in [-0.05, 0) is 43.2 Å². The number of nitrogens with one attached hydrogen (secondary N) is 2. The summed E-state index contributed by atoms with van der Waals surface area (Å²) in [6, 6.07) is 14.7. The van der Waals surface area contributed by atoms with Gasteiger partial charge in [-0.3, -0.25) is 0 Å². The lowest BCUT2D eigenvalue weighted by atomic mass is 10.0. The zero-order valence-corrected chi connectivity index (χ0v) is 18.6. The van der Waals surface area contributed by atoms with E-state index in [1.54, 1.807) is 19.4 Å². The first-order chi connectivity index (χ1) is 16.2. The molecule has 0 aliphatic heterocycles. The van der Waals surface area contributed by atoms with Crippen LogP contribution in [0.1, 0.15) is 25.7 Å². The molecule has 1 aliphatic carbocycles. The Bertz CT molecular complexity index is 1250. The second-order valence-corrected chi connectivity index (χ2v) is 8.25. The van der Waals surface area contributed by atoms with Crippen molar-refractivity contribution in [3.05, 3.63) is 60.5 Å². The lowest BCUT2D eigenvalue weighted by Crippen LogP contribution is -2.16. The van der Waals surface area contributed by atoms with Crippen molar-refractivity contribution in [2.24, 2.45) is 0 Å². The van der Waals surface area contributed by atoms with Crippen molar-refractivity contribution in [2.45, 2.75) is 31.7 Å². The van der Waals surface area contributed by atoms with E-state index in [1.807, 2.05) is 34.8 Å². The summed E-state index contributed by atoms with van der Waals surface area (Å²) >= 11 is 0. The number of methoxy groups -OCH3 is 1. The minimum atomic E-state index is -0.305. The molecule has 0 saturated heterocycles. The maximum absolute atomic E-state index is 14.1. The van der Waals surface area contributed by atoms with Crippen LogP contribution in [0.5, 0.6) is 0 Å². The van der Waals surface area contributed by atoms with Crippen LogP contribution in [-0.2, 0) is 4.74 Å². The van der Waals surface area contributed by atoms with Crippen molar-refractivity contribution in [1.29, 1.82) is 0 Å². The van der Waals surface area contributed by atoms with Crippen molar-refractivity contribution in [3.8, 4) is 22.5 Å². The monoisotopic (exact) mass is 446 g/mol. The molecular weight excluding hydrogens is 419 g/mol. The Morgan fingerprint density at radius 3 is 2.79 bits per heavy atom. The second kappa shape index (κ2) is 9.54. The summed E-state index contributed by atoms with van der Waals surface area (Å²) in [5, 5.41) is 11.7. The Balaban J connectivity index is 1.63. The van der Waals surface area contributed by atoms with Crippen LogP contribution in [0.4, 0.5) is 16.2 Å². The molecule has 0 unspecified atom stereocenters. The number of hydrogen-bond donors (Lipinski definition) is 2. The number of pyridine rings is 1. The summed E-state index contributed by atoms with van der Waals surface area (Å²) in [7, 11) is 1.67. The summed E-state index contributed by atoms with van der Waals surface area (Å²) in [6.07, 6.45) is 6.49. The molecule has 33 heavy (non-hydrogen) atoms. The highest BCUT2D eigenvalue weighted by atomic mass is 19.1. The van der Waals surface area contributed by atoms with E-state index in [1.165, 1.54) is 25.0 Å². The molecule has 0 spiro atoms. The zero-order valence-electron chi connectivity index (χ0n) is 18.6. The SMILES string of the molecule is COCCNc1cccc2c(-c3ccnc(NC4CCCC4)n3)c(-c3cccc(F)c3)nn12. The van der Waals surface area contributed by atoms with E-state index in [0.29, 0.717) is 36.4 Å². The van der Waals surface area contributed by atoms with Crippen molar-refractivity contribution >= 4 is 17.3 Å². The van der Waals surface area contributed by atoms with Crippen molar-refractivity contribution < 1.29 is 9.13 Å². The fourth-order valence-corrected chi connectivity index (χ4v) is 4.40. The van der Waals surface area contributed by atoms with Crippen LogP contribution in [0.2, 0.25) is 0 Å². The van der Waals surface area contributed by atoms with Gasteiger partial charge < -0.3 is 15.4 Å². The quantitative estimate of drug-likeness (QED) is 0.371. The van der Waals surface area contributed by atoms with E-state index in [-0.39, 0.29) is 5.82 Å². The number of benzene rings is 1. The number of aromatic nitrogens is 4. The number of ether oxygens (including phenoxy) is 1. The van der Waals surface area contributed by atoms with E-state index in [0.717, 1.165) is 35.4 Å². The van der Waals surface area contributed by atoms with Crippen LogP contribution >= 0.6 is 0 Å². The van der Waals surface area contributed by atoms with Gasteiger partial charge in [-0.1, -0.05) is 31.0 Å². The van der Waals surface area contributed by atoms with Crippen LogP contribution in [0.3, 0.4) is 0 Å². The molecule has 7 nitrogen and oxygen atoms in total. The minimum Gasteiger partial charge on any atom is -0.383 e. The molecule has 8 heteroatoms. The van der Waals surface area contributed by atoms with Gasteiger partial charge in [-0.15, -0.1) is 0 Å². The fourth-order valence-electron chi connectivity index (χ4n) is 4.40. The molecule has 1 aliphatic rings. The van der Waals surface area contributed by atoms with Crippen LogP contribution in [0, 0.1) is 5.82 Å². The smallest absolute Gasteiger partial charge is 0.223 e. The lowest BCUT2D eigenvalue weighted by Gasteiger charge is -2.12. The van der Waals surface area contributed by atoms with E-state index in [9.17, 15) is 4.39 Å². The Morgan fingerprint density at radius 1 is 1.12 bits per heavy atom. The van der Waals surface area contributed by atoms with Crippen LogP contribution in [0.25, 0.3) is 28.0 Å². The molecule has 3 aromatic heterocycles. The number of anilines is 2. The first kappa shape index (κ1) is 21.3. The van der Waals surface area contributed by atoms with Crippen molar-refractivity contribution in [2.75, 3.05) is 30.9 Å². The van der Waals surface area contributed by atoms with Crippen molar-refractivity contribution in [1.82, 2.24) is 19.6 Å². The number of nitrogens with zero attached hydrogens (tertiary/aromatic N) is 4. The summed E-state index contributed by atoms with van der Waals surface area (Å²) < 4.78 is 21.1. The van der Waals surface area contributed by atoms with Crippen LogP contribution < -0.4 is 10.6 Å². The standard InChI is InChI=1S/C25H27FN6O/c1-33-15-14-27-22-11-5-10-21-23(24(31-32(21)22)17-6-4-7-18(26)16-17)20-12-13-28-25(30-20)29-19-8-2-3-9-19/h4-7,10-13,16,19,27H,2-3,8-9,14-15H2,1H3,(H,28,29,30). The fraction of sp³-hybridized carbons (Fsp3) is 0.320. The number of rotatable bonds is 8. The molecule has 2 N–H and O–H groups in total. The molecule has 1 fully saturated rings. The Morgan fingerprint density at radius 2 is 1.97 bits per heavy atom. The first-order valence-corrected chi connectivity index (χ1v) is 11.3. The summed E-state index contributed by atoms with van der Waals surface area (Å²) in [6.45, 7) is 1.21. The third kappa shape index (κ3) is 4.52. The molecule has 5 rings (SSSR count). The zero-order chi connectivity index (χ0) is 22.6. The average molecular weight is 447 g/mol. The maximum atomic E-state index is 14.1. The molecule has 0 radical (unpaired) electrons.